The highest BCUT2D eigenvalue weighted by Gasteiger charge is 2.27. The summed E-state index contributed by atoms with van der Waals surface area (Å²) in [5.74, 6) is 0.309. The molecule has 1 amide bonds. The van der Waals surface area contributed by atoms with Crippen LogP contribution >= 0.6 is 12.2 Å². The number of amides is 1. The van der Waals surface area contributed by atoms with Crippen LogP contribution in [0.3, 0.4) is 0 Å². The van der Waals surface area contributed by atoms with Gasteiger partial charge >= 0.3 is 0 Å². The van der Waals surface area contributed by atoms with Crippen LogP contribution in [0.25, 0.3) is 0 Å². The SMILES string of the molecule is CC(=O)NC(=S)Nc1ccc(S(=O)(=O)N2CCC(C)CC2)cc1. The minimum Gasteiger partial charge on any atom is -0.332 e. The lowest BCUT2D eigenvalue weighted by atomic mass is 10.0. The normalized spacial score (nSPS) is 16.8. The van der Waals surface area contributed by atoms with E-state index in [2.05, 4.69) is 17.6 Å². The van der Waals surface area contributed by atoms with E-state index >= 15 is 0 Å². The number of nitrogens with zero attached hydrogens (tertiary/aromatic N) is 1. The fourth-order valence-corrected chi connectivity index (χ4v) is 4.14. The van der Waals surface area contributed by atoms with Gasteiger partial charge in [-0.3, -0.25) is 4.79 Å². The molecule has 1 aromatic rings. The van der Waals surface area contributed by atoms with Gasteiger partial charge in [0.2, 0.25) is 15.9 Å². The zero-order valence-electron chi connectivity index (χ0n) is 13.2. The standard InChI is InChI=1S/C15H21N3O3S2/c1-11-7-9-18(10-8-11)23(20,21)14-5-3-13(4-6-14)17-15(22)16-12(2)19/h3-6,11H,7-10H2,1-2H3,(H2,16,17,19,22). The van der Waals surface area contributed by atoms with E-state index in [1.54, 1.807) is 24.3 Å². The van der Waals surface area contributed by atoms with Crippen molar-refractivity contribution >= 4 is 38.9 Å². The van der Waals surface area contributed by atoms with Gasteiger partial charge in [0.15, 0.2) is 5.11 Å². The maximum absolute atomic E-state index is 12.6. The Morgan fingerprint density at radius 2 is 1.78 bits per heavy atom. The van der Waals surface area contributed by atoms with Crippen LogP contribution in [-0.4, -0.2) is 36.8 Å². The summed E-state index contributed by atoms with van der Waals surface area (Å²) in [5, 5.41) is 5.45. The van der Waals surface area contributed by atoms with Gasteiger partial charge in [-0.2, -0.15) is 4.31 Å². The van der Waals surface area contributed by atoms with E-state index in [4.69, 9.17) is 12.2 Å². The molecule has 1 saturated heterocycles. The number of rotatable bonds is 3. The first-order valence-electron chi connectivity index (χ1n) is 7.48. The average Bonchev–Trinajstić information content (AvgIpc) is 2.47. The molecular weight excluding hydrogens is 334 g/mol. The van der Waals surface area contributed by atoms with Crippen LogP contribution in [-0.2, 0) is 14.8 Å². The molecule has 0 unspecified atom stereocenters. The van der Waals surface area contributed by atoms with Crippen molar-refractivity contribution in [1.29, 1.82) is 0 Å². The van der Waals surface area contributed by atoms with Crippen molar-refractivity contribution in [2.24, 2.45) is 5.92 Å². The molecule has 1 heterocycles. The quantitative estimate of drug-likeness (QED) is 0.810. The topological polar surface area (TPSA) is 78.5 Å². The summed E-state index contributed by atoms with van der Waals surface area (Å²) in [7, 11) is -3.45. The van der Waals surface area contributed by atoms with E-state index in [9.17, 15) is 13.2 Å². The van der Waals surface area contributed by atoms with Crippen LogP contribution in [0.5, 0.6) is 0 Å². The van der Waals surface area contributed by atoms with E-state index in [1.165, 1.54) is 11.2 Å². The fraction of sp³-hybridized carbons (Fsp3) is 0.467. The first kappa shape index (κ1) is 17.8. The molecule has 1 fully saturated rings. The summed E-state index contributed by atoms with van der Waals surface area (Å²) in [6, 6.07) is 6.36. The van der Waals surface area contributed by atoms with E-state index in [0.717, 1.165) is 12.8 Å². The number of sulfonamides is 1. The lowest BCUT2D eigenvalue weighted by molar-refractivity contribution is -0.117. The Morgan fingerprint density at radius 1 is 1.22 bits per heavy atom. The van der Waals surface area contributed by atoms with Gasteiger partial charge in [-0.25, -0.2) is 8.42 Å². The molecule has 0 bridgehead atoms. The number of nitrogens with one attached hydrogen (secondary N) is 2. The van der Waals surface area contributed by atoms with Crippen molar-refractivity contribution in [2.75, 3.05) is 18.4 Å². The van der Waals surface area contributed by atoms with Gasteiger partial charge in [-0.1, -0.05) is 6.92 Å². The molecule has 126 valence electrons. The molecule has 0 spiro atoms. The molecule has 2 N–H and O–H groups in total. The zero-order chi connectivity index (χ0) is 17.0. The number of benzene rings is 1. The molecule has 2 rings (SSSR count). The molecule has 0 saturated carbocycles. The van der Waals surface area contributed by atoms with Crippen LogP contribution in [0.2, 0.25) is 0 Å². The Hall–Kier alpha value is -1.51. The summed E-state index contributed by atoms with van der Waals surface area (Å²) in [6.07, 6.45) is 1.79. The Labute approximate surface area is 142 Å². The number of hydrogen-bond donors (Lipinski definition) is 2. The van der Waals surface area contributed by atoms with Crippen LogP contribution in [0.15, 0.2) is 29.2 Å². The maximum Gasteiger partial charge on any atom is 0.243 e. The summed E-state index contributed by atoms with van der Waals surface area (Å²) in [6.45, 7) is 4.64. The van der Waals surface area contributed by atoms with Crippen LogP contribution < -0.4 is 10.6 Å². The second-order valence-corrected chi connectivity index (χ2v) is 8.09. The Morgan fingerprint density at radius 3 is 2.30 bits per heavy atom. The number of thiocarbonyl (C=S) groups is 1. The van der Waals surface area contributed by atoms with Crippen molar-refractivity contribution < 1.29 is 13.2 Å². The third kappa shape index (κ3) is 4.73. The highest BCUT2D eigenvalue weighted by atomic mass is 32.2. The monoisotopic (exact) mass is 355 g/mol. The average molecular weight is 355 g/mol. The fourth-order valence-electron chi connectivity index (χ4n) is 2.41. The zero-order valence-corrected chi connectivity index (χ0v) is 14.8. The van der Waals surface area contributed by atoms with E-state index in [0.29, 0.717) is 24.7 Å². The smallest absolute Gasteiger partial charge is 0.243 e. The lowest BCUT2D eigenvalue weighted by Crippen LogP contribution is -2.37. The number of piperidine rings is 1. The molecule has 0 atom stereocenters. The van der Waals surface area contributed by atoms with Crippen LogP contribution in [0.4, 0.5) is 5.69 Å². The van der Waals surface area contributed by atoms with Crippen molar-refractivity contribution in [3.8, 4) is 0 Å². The van der Waals surface area contributed by atoms with Crippen molar-refractivity contribution in [1.82, 2.24) is 9.62 Å². The van der Waals surface area contributed by atoms with Gasteiger partial charge < -0.3 is 10.6 Å². The molecular formula is C15H21N3O3S2. The first-order valence-corrected chi connectivity index (χ1v) is 9.32. The third-order valence-corrected chi connectivity index (χ3v) is 5.90. The Balaban J connectivity index is 2.06. The minimum atomic E-state index is -3.45. The van der Waals surface area contributed by atoms with Crippen molar-refractivity contribution in [2.45, 2.75) is 31.6 Å². The van der Waals surface area contributed by atoms with Crippen molar-refractivity contribution in [3.05, 3.63) is 24.3 Å². The van der Waals surface area contributed by atoms with Crippen LogP contribution in [0.1, 0.15) is 26.7 Å². The van der Waals surface area contributed by atoms with Gasteiger partial charge in [-0.05, 0) is 55.2 Å². The summed E-state index contributed by atoms with van der Waals surface area (Å²) in [4.78, 5) is 11.2. The summed E-state index contributed by atoms with van der Waals surface area (Å²) in [5.41, 5.74) is 0.620. The number of carbonyl (C=O) groups excluding carboxylic acids is 1. The molecule has 1 aliphatic heterocycles. The highest BCUT2D eigenvalue weighted by Crippen LogP contribution is 2.24. The van der Waals surface area contributed by atoms with Gasteiger partial charge in [-0.15, -0.1) is 0 Å². The molecule has 0 aliphatic carbocycles. The van der Waals surface area contributed by atoms with Gasteiger partial charge in [0.05, 0.1) is 4.90 Å². The molecule has 1 aromatic carbocycles. The first-order chi connectivity index (χ1) is 10.8. The molecule has 8 heteroatoms. The van der Waals surface area contributed by atoms with E-state index < -0.39 is 10.0 Å². The van der Waals surface area contributed by atoms with Crippen LogP contribution in [0, 0.1) is 5.92 Å². The lowest BCUT2D eigenvalue weighted by Gasteiger charge is -2.29. The summed E-state index contributed by atoms with van der Waals surface area (Å²) >= 11 is 4.96. The Kier molecular flexibility index (Phi) is 5.72. The molecule has 0 radical (unpaired) electrons. The maximum atomic E-state index is 12.6. The molecule has 0 aromatic heterocycles. The van der Waals surface area contributed by atoms with E-state index in [-0.39, 0.29) is 15.9 Å². The molecule has 1 aliphatic rings. The second-order valence-electron chi connectivity index (χ2n) is 5.75. The van der Waals surface area contributed by atoms with Gasteiger partial charge in [0, 0.05) is 25.7 Å². The number of carbonyl (C=O) groups is 1. The predicted molar refractivity (Wildman–Crippen MR) is 93.6 cm³/mol. The third-order valence-electron chi connectivity index (χ3n) is 3.78. The minimum absolute atomic E-state index is 0.179. The number of hydrogen-bond acceptors (Lipinski definition) is 4. The Bertz CT molecular complexity index is 678. The molecule has 6 nitrogen and oxygen atoms in total. The highest BCUT2D eigenvalue weighted by molar-refractivity contribution is 7.89. The largest absolute Gasteiger partial charge is 0.332 e. The number of anilines is 1. The van der Waals surface area contributed by atoms with Gasteiger partial charge in [0.25, 0.3) is 0 Å². The van der Waals surface area contributed by atoms with Crippen molar-refractivity contribution in [3.63, 3.8) is 0 Å². The van der Waals surface area contributed by atoms with Gasteiger partial charge in [0.1, 0.15) is 0 Å². The van der Waals surface area contributed by atoms with E-state index in [1.807, 2.05) is 0 Å². The molecule has 23 heavy (non-hydrogen) atoms. The summed E-state index contributed by atoms with van der Waals surface area (Å²) < 4.78 is 26.7. The second kappa shape index (κ2) is 7.37. The predicted octanol–water partition coefficient (Wildman–Crippen LogP) is 1.94.